The van der Waals surface area contributed by atoms with Gasteiger partial charge in [0.2, 0.25) is 0 Å². The number of hydrogen-bond donors (Lipinski definition) is 0. The smallest absolute Gasteiger partial charge is 0.131 e. The number of nitrogens with zero attached hydrogens (tertiary/aromatic N) is 1. The minimum atomic E-state index is 0.294. The number of likely N-dealkylation sites (tertiary alicyclic amines) is 1. The lowest BCUT2D eigenvalue weighted by Gasteiger charge is -2.35. The average Bonchev–Trinajstić information content (AvgIpc) is 2.41. The summed E-state index contributed by atoms with van der Waals surface area (Å²) in [6, 6.07) is 8.61. The standard InChI is InChI=1S/C16H23NO2/c1-13(18)10-15-7-3-4-9-17(15)12-14-6-5-8-16(11-14)19-2/h5-6,8,11,15H,3-4,7,9-10,12H2,1-2H3. The first-order chi connectivity index (χ1) is 9.19. The number of rotatable bonds is 5. The largest absolute Gasteiger partial charge is 0.497 e. The molecule has 2 rings (SSSR count). The molecule has 1 aromatic carbocycles. The van der Waals surface area contributed by atoms with Gasteiger partial charge in [-0.25, -0.2) is 0 Å². The summed E-state index contributed by atoms with van der Waals surface area (Å²) in [7, 11) is 1.69. The van der Waals surface area contributed by atoms with Crippen molar-refractivity contribution in [3.05, 3.63) is 29.8 Å². The summed E-state index contributed by atoms with van der Waals surface area (Å²) in [5.41, 5.74) is 1.26. The van der Waals surface area contributed by atoms with E-state index in [0.29, 0.717) is 18.2 Å². The van der Waals surface area contributed by atoms with Crippen LogP contribution in [0.25, 0.3) is 0 Å². The summed E-state index contributed by atoms with van der Waals surface area (Å²) in [6.45, 7) is 3.70. The Balaban J connectivity index is 2.03. The maximum Gasteiger partial charge on any atom is 0.131 e. The van der Waals surface area contributed by atoms with E-state index < -0.39 is 0 Å². The van der Waals surface area contributed by atoms with E-state index in [1.54, 1.807) is 14.0 Å². The second-order valence-corrected chi connectivity index (χ2v) is 5.38. The summed E-state index contributed by atoms with van der Waals surface area (Å²) in [5.74, 6) is 1.19. The summed E-state index contributed by atoms with van der Waals surface area (Å²) in [4.78, 5) is 13.8. The van der Waals surface area contributed by atoms with Gasteiger partial charge in [-0.1, -0.05) is 18.6 Å². The fourth-order valence-corrected chi connectivity index (χ4v) is 2.84. The lowest BCUT2D eigenvalue weighted by Crippen LogP contribution is -2.39. The molecule has 0 radical (unpaired) electrons. The van der Waals surface area contributed by atoms with Crippen LogP contribution in [-0.4, -0.2) is 30.4 Å². The van der Waals surface area contributed by atoms with Crippen LogP contribution >= 0.6 is 0 Å². The van der Waals surface area contributed by atoms with Crippen LogP contribution in [0.15, 0.2) is 24.3 Å². The zero-order valence-corrected chi connectivity index (χ0v) is 11.9. The molecule has 19 heavy (non-hydrogen) atoms. The number of piperidine rings is 1. The molecule has 1 saturated heterocycles. The number of ketones is 1. The molecule has 1 atom stereocenters. The second kappa shape index (κ2) is 6.71. The van der Waals surface area contributed by atoms with E-state index in [1.807, 2.05) is 12.1 Å². The van der Waals surface area contributed by atoms with Crippen LogP contribution in [0.4, 0.5) is 0 Å². The van der Waals surface area contributed by atoms with E-state index in [0.717, 1.165) is 25.3 Å². The third-order valence-corrected chi connectivity index (χ3v) is 3.79. The fourth-order valence-electron chi connectivity index (χ4n) is 2.84. The zero-order chi connectivity index (χ0) is 13.7. The lowest BCUT2D eigenvalue weighted by atomic mass is 9.97. The van der Waals surface area contributed by atoms with E-state index >= 15 is 0 Å². The van der Waals surface area contributed by atoms with Crippen molar-refractivity contribution in [2.45, 2.75) is 45.2 Å². The molecule has 3 nitrogen and oxygen atoms in total. The van der Waals surface area contributed by atoms with Crippen LogP contribution in [0.1, 0.15) is 38.2 Å². The normalized spacial score (nSPS) is 20.2. The molecule has 0 spiro atoms. The van der Waals surface area contributed by atoms with Crippen molar-refractivity contribution in [2.75, 3.05) is 13.7 Å². The van der Waals surface area contributed by atoms with Crippen LogP contribution < -0.4 is 4.74 Å². The maximum atomic E-state index is 11.4. The third kappa shape index (κ3) is 4.06. The van der Waals surface area contributed by atoms with Crippen molar-refractivity contribution < 1.29 is 9.53 Å². The molecule has 3 heteroatoms. The van der Waals surface area contributed by atoms with E-state index in [-0.39, 0.29) is 0 Å². The number of ether oxygens (including phenoxy) is 1. The third-order valence-electron chi connectivity index (χ3n) is 3.79. The topological polar surface area (TPSA) is 29.5 Å². The van der Waals surface area contributed by atoms with E-state index in [2.05, 4.69) is 17.0 Å². The number of carbonyl (C=O) groups is 1. The molecule has 1 heterocycles. The van der Waals surface area contributed by atoms with Crippen LogP contribution in [0, 0.1) is 0 Å². The number of benzene rings is 1. The van der Waals surface area contributed by atoms with Gasteiger partial charge in [0.05, 0.1) is 7.11 Å². The first-order valence-corrected chi connectivity index (χ1v) is 7.05. The number of Topliss-reactive ketones (excluding diaryl/α,β-unsaturated/α-hetero) is 1. The quantitative estimate of drug-likeness (QED) is 0.816. The van der Waals surface area contributed by atoms with Crippen molar-refractivity contribution >= 4 is 5.78 Å². The van der Waals surface area contributed by atoms with Crippen LogP contribution in [0.2, 0.25) is 0 Å². The van der Waals surface area contributed by atoms with E-state index in [4.69, 9.17) is 4.74 Å². The Morgan fingerprint density at radius 3 is 3.00 bits per heavy atom. The molecule has 0 aromatic heterocycles. The van der Waals surface area contributed by atoms with E-state index in [1.165, 1.54) is 18.4 Å². The maximum absolute atomic E-state index is 11.4. The lowest BCUT2D eigenvalue weighted by molar-refractivity contribution is -0.118. The van der Waals surface area contributed by atoms with E-state index in [9.17, 15) is 4.79 Å². The highest BCUT2D eigenvalue weighted by molar-refractivity contribution is 5.76. The molecular formula is C16H23NO2. The predicted octanol–water partition coefficient (Wildman–Crippen LogP) is 3.03. The molecule has 1 aliphatic rings. The highest BCUT2D eigenvalue weighted by Crippen LogP contribution is 2.23. The minimum absolute atomic E-state index is 0.294. The van der Waals surface area contributed by atoms with Crippen molar-refractivity contribution in [3.63, 3.8) is 0 Å². The van der Waals surface area contributed by atoms with Crippen LogP contribution in [-0.2, 0) is 11.3 Å². The molecule has 0 bridgehead atoms. The van der Waals surface area contributed by atoms with Gasteiger partial charge in [-0.05, 0) is 44.0 Å². The zero-order valence-electron chi connectivity index (χ0n) is 11.9. The summed E-state index contributed by atoms with van der Waals surface area (Å²) in [5, 5.41) is 0. The van der Waals surface area contributed by atoms with Gasteiger partial charge in [-0.3, -0.25) is 9.69 Å². The Morgan fingerprint density at radius 1 is 1.42 bits per heavy atom. The van der Waals surface area contributed by atoms with Crippen LogP contribution in [0.5, 0.6) is 5.75 Å². The van der Waals surface area contributed by atoms with Gasteiger partial charge in [0.15, 0.2) is 0 Å². The molecule has 1 unspecified atom stereocenters. The van der Waals surface area contributed by atoms with Gasteiger partial charge >= 0.3 is 0 Å². The van der Waals surface area contributed by atoms with Gasteiger partial charge in [0.25, 0.3) is 0 Å². The SMILES string of the molecule is COc1cccc(CN2CCCCC2CC(C)=O)c1. The van der Waals surface area contributed by atoms with Gasteiger partial charge in [0.1, 0.15) is 11.5 Å². The molecule has 0 amide bonds. The predicted molar refractivity (Wildman–Crippen MR) is 76.3 cm³/mol. The first kappa shape index (κ1) is 14.1. The number of hydrogen-bond acceptors (Lipinski definition) is 3. The first-order valence-electron chi connectivity index (χ1n) is 7.05. The monoisotopic (exact) mass is 261 g/mol. The molecule has 0 N–H and O–H groups in total. The summed E-state index contributed by atoms with van der Waals surface area (Å²) >= 11 is 0. The highest BCUT2D eigenvalue weighted by atomic mass is 16.5. The molecule has 0 aliphatic carbocycles. The molecule has 1 aliphatic heterocycles. The van der Waals surface area contributed by atoms with Crippen molar-refractivity contribution in [2.24, 2.45) is 0 Å². The average molecular weight is 261 g/mol. The second-order valence-electron chi connectivity index (χ2n) is 5.38. The Hall–Kier alpha value is -1.35. The Kier molecular flexibility index (Phi) is 4.97. The minimum Gasteiger partial charge on any atom is -0.497 e. The Labute approximate surface area is 115 Å². The summed E-state index contributed by atoms with van der Waals surface area (Å²) in [6.07, 6.45) is 4.30. The van der Waals surface area contributed by atoms with Gasteiger partial charge in [-0.15, -0.1) is 0 Å². The van der Waals surface area contributed by atoms with Gasteiger partial charge in [0, 0.05) is 19.0 Å². The molecule has 1 aromatic rings. The molecule has 104 valence electrons. The molecule has 0 saturated carbocycles. The Morgan fingerprint density at radius 2 is 2.26 bits per heavy atom. The van der Waals surface area contributed by atoms with Gasteiger partial charge in [-0.2, -0.15) is 0 Å². The number of methoxy groups -OCH3 is 1. The fraction of sp³-hybridized carbons (Fsp3) is 0.562. The van der Waals surface area contributed by atoms with Crippen LogP contribution in [0.3, 0.4) is 0 Å². The number of carbonyl (C=O) groups excluding carboxylic acids is 1. The highest BCUT2D eigenvalue weighted by Gasteiger charge is 2.23. The van der Waals surface area contributed by atoms with Crippen molar-refractivity contribution in [1.29, 1.82) is 0 Å². The van der Waals surface area contributed by atoms with Crippen molar-refractivity contribution in [1.82, 2.24) is 4.90 Å². The Bertz CT molecular complexity index is 431. The summed E-state index contributed by atoms with van der Waals surface area (Å²) < 4.78 is 5.26. The van der Waals surface area contributed by atoms with Gasteiger partial charge < -0.3 is 4.74 Å². The molecule has 1 fully saturated rings. The molecular weight excluding hydrogens is 238 g/mol. The van der Waals surface area contributed by atoms with Crippen molar-refractivity contribution in [3.8, 4) is 5.75 Å².